The van der Waals surface area contributed by atoms with Gasteiger partial charge in [-0.2, -0.15) is 26.3 Å². The first-order chi connectivity index (χ1) is 14.4. The molecule has 0 saturated carbocycles. The zero-order valence-corrected chi connectivity index (χ0v) is 15.6. The van der Waals surface area contributed by atoms with Gasteiger partial charge in [0.25, 0.3) is 0 Å². The van der Waals surface area contributed by atoms with E-state index in [4.69, 9.17) is 5.73 Å². The zero-order chi connectivity index (χ0) is 22.8. The molecule has 0 aliphatic carbocycles. The Bertz CT molecular complexity index is 1070. The highest BCUT2D eigenvalue weighted by molar-refractivity contribution is 5.99. The highest BCUT2D eigenvalue weighted by atomic mass is 19.4. The molecular weight excluding hydrogens is 428 g/mol. The Morgan fingerprint density at radius 1 is 1.00 bits per heavy atom. The molecule has 2 aromatic heterocycles. The lowest BCUT2D eigenvalue weighted by molar-refractivity contribution is -0.140. The van der Waals surface area contributed by atoms with E-state index in [1.54, 1.807) is 0 Å². The lowest BCUT2D eigenvalue weighted by atomic mass is 10.1. The van der Waals surface area contributed by atoms with Crippen molar-refractivity contribution in [2.45, 2.75) is 18.9 Å². The maximum absolute atomic E-state index is 12.7. The molecule has 0 unspecified atom stereocenters. The third-order valence-corrected chi connectivity index (χ3v) is 4.09. The molecule has 2 heterocycles. The van der Waals surface area contributed by atoms with Crippen LogP contribution in [0, 0.1) is 0 Å². The molecular formula is C19H15F6N5O. The van der Waals surface area contributed by atoms with Crippen molar-refractivity contribution in [1.29, 1.82) is 0 Å². The van der Waals surface area contributed by atoms with Crippen LogP contribution in [-0.2, 0) is 12.7 Å². The number of pyridine rings is 1. The Balaban J connectivity index is 1.71. The number of rotatable bonds is 4. The molecule has 0 radical (unpaired) electrons. The highest BCUT2D eigenvalue weighted by Gasteiger charge is 2.31. The van der Waals surface area contributed by atoms with Crippen LogP contribution < -0.4 is 16.4 Å². The number of alkyl halides is 6. The van der Waals surface area contributed by atoms with Crippen LogP contribution >= 0.6 is 0 Å². The van der Waals surface area contributed by atoms with Crippen LogP contribution in [0.5, 0.6) is 0 Å². The maximum atomic E-state index is 12.7. The second kappa shape index (κ2) is 8.20. The quantitative estimate of drug-likeness (QED) is 0.475. The van der Waals surface area contributed by atoms with Gasteiger partial charge in [0.15, 0.2) is 0 Å². The summed E-state index contributed by atoms with van der Waals surface area (Å²) in [5.74, 6) is -0.304. The molecule has 3 rings (SSSR count). The number of hydrogen-bond donors (Lipinski definition) is 3. The summed E-state index contributed by atoms with van der Waals surface area (Å²) in [7, 11) is 0. The summed E-state index contributed by atoms with van der Waals surface area (Å²) >= 11 is 0. The van der Waals surface area contributed by atoms with Crippen molar-refractivity contribution < 1.29 is 31.1 Å². The fourth-order valence-corrected chi connectivity index (χ4v) is 2.81. The van der Waals surface area contributed by atoms with Gasteiger partial charge in [0.1, 0.15) is 12.4 Å². The van der Waals surface area contributed by atoms with E-state index in [0.29, 0.717) is 11.6 Å². The fourth-order valence-electron chi connectivity index (χ4n) is 2.81. The van der Waals surface area contributed by atoms with E-state index in [0.717, 1.165) is 16.8 Å². The number of urea groups is 1. The average molecular weight is 443 g/mol. The van der Waals surface area contributed by atoms with Gasteiger partial charge in [-0.05, 0) is 30.3 Å². The number of amides is 2. The smallest absolute Gasteiger partial charge is 0.397 e. The van der Waals surface area contributed by atoms with Gasteiger partial charge in [0, 0.05) is 23.6 Å². The molecule has 0 fully saturated rings. The number of aromatic nitrogens is 2. The molecule has 3 aromatic rings. The highest BCUT2D eigenvalue weighted by Crippen LogP contribution is 2.31. The van der Waals surface area contributed by atoms with Crippen LogP contribution in [0.25, 0.3) is 11.3 Å². The van der Waals surface area contributed by atoms with Crippen molar-refractivity contribution in [3.8, 4) is 11.3 Å². The number of halogens is 6. The fraction of sp³-hybridized carbons (Fsp3) is 0.158. The van der Waals surface area contributed by atoms with Crippen LogP contribution in [0.15, 0.2) is 54.9 Å². The van der Waals surface area contributed by atoms with Gasteiger partial charge < -0.3 is 15.6 Å². The Kier molecular flexibility index (Phi) is 5.82. The molecule has 0 bridgehead atoms. The topological polar surface area (TPSA) is 85.0 Å². The maximum Gasteiger partial charge on any atom is 0.416 e. The second-order valence-corrected chi connectivity index (χ2v) is 6.45. The van der Waals surface area contributed by atoms with Gasteiger partial charge in [-0.1, -0.05) is 12.1 Å². The molecule has 0 saturated heterocycles. The molecule has 31 heavy (non-hydrogen) atoms. The molecule has 6 nitrogen and oxygen atoms in total. The lowest BCUT2D eigenvalue weighted by Crippen LogP contribution is -2.20. The molecule has 12 heteroatoms. The van der Waals surface area contributed by atoms with E-state index < -0.39 is 30.5 Å². The van der Waals surface area contributed by atoms with Crippen molar-refractivity contribution in [1.82, 2.24) is 9.55 Å². The van der Waals surface area contributed by atoms with Crippen molar-refractivity contribution in [2.24, 2.45) is 0 Å². The Hall–Kier alpha value is -3.70. The third-order valence-electron chi connectivity index (χ3n) is 4.09. The molecule has 2 amide bonds. The molecule has 1 aromatic carbocycles. The van der Waals surface area contributed by atoms with Crippen LogP contribution in [0.1, 0.15) is 5.56 Å². The minimum absolute atomic E-state index is 0.151. The van der Waals surface area contributed by atoms with Gasteiger partial charge in [0.2, 0.25) is 0 Å². The first-order valence-electron chi connectivity index (χ1n) is 8.65. The molecule has 0 aliphatic rings. The van der Waals surface area contributed by atoms with E-state index >= 15 is 0 Å². The first-order valence-corrected chi connectivity index (χ1v) is 8.65. The molecule has 4 N–H and O–H groups in total. The largest absolute Gasteiger partial charge is 0.416 e. The first kappa shape index (κ1) is 22.0. The number of anilines is 3. The number of nitrogen functional groups attached to an aromatic ring is 1. The van der Waals surface area contributed by atoms with Gasteiger partial charge in [-0.25, -0.2) is 9.78 Å². The number of nitrogens with one attached hydrogen (secondary N) is 2. The number of carbonyl (C=O) groups is 1. The lowest BCUT2D eigenvalue weighted by Gasteiger charge is -2.13. The number of hydrogen-bond acceptors (Lipinski definition) is 3. The summed E-state index contributed by atoms with van der Waals surface area (Å²) in [6.07, 6.45) is -6.89. The summed E-state index contributed by atoms with van der Waals surface area (Å²) in [5, 5.41) is 4.58. The van der Waals surface area contributed by atoms with Gasteiger partial charge >= 0.3 is 18.4 Å². The van der Waals surface area contributed by atoms with Gasteiger partial charge in [-0.3, -0.25) is 5.32 Å². The monoisotopic (exact) mass is 443 g/mol. The number of nitrogens with zero attached hydrogens (tertiary/aromatic N) is 2. The molecule has 0 aliphatic heterocycles. The molecule has 0 atom stereocenters. The molecule has 0 spiro atoms. The van der Waals surface area contributed by atoms with Crippen LogP contribution in [0.2, 0.25) is 0 Å². The summed E-state index contributed by atoms with van der Waals surface area (Å²) in [6, 6.07) is 7.69. The van der Waals surface area contributed by atoms with Crippen LogP contribution in [0.3, 0.4) is 0 Å². The average Bonchev–Trinajstić information content (AvgIpc) is 3.00. The van der Waals surface area contributed by atoms with Gasteiger partial charge in [0.05, 0.1) is 16.9 Å². The summed E-state index contributed by atoms with van der Waals surface area (Å²) in [5.41, 5.74) is 5.77. The minimum Gasteiger partial charge on any atom is -0.397 e. The number of benzene rings is 1. The van der Waals surface area contributed by atoms with Crippen molar-refractivity contribution >= 4 is 23.2 Å². The van der Waals surface area contributed by atoms with Crippen molar-refractivity contribution in [3.63, 3.8) is 0 Å². The predicted molar refractivity (Wildman–Crippen MR) is 102 cm³/mol. The second-order valence-electron chi connectivity index (χ2n) is 6.45. The van der Waals surface area contributed by atoms with E-state index in [9.17, 15) is 31.1 Å². The van der Waals surface area contributed by atoms with Crippen LogP contribution in [-0.4, -0.2) is 21.8 Å². The Morgan fingerprint density at radius 3 is 2.29 bits per heavy atom. The van der Waals surface area contributed by atoms with E-state index in [1.807, 2.05) is 0 Å². The van der Waals surface area contributed by atoms with Crippen molar-refractivity contribution in [3.05, 3.63) is 60.4 Å². The normalized spacial score (nSPS) is 11.9. The zero-order valence-electron chi connectivity index (χ0n) is 15.6. The van der Waals surface area contributed by atoms with Crippen molar-refractivity contribution in [2.75, 3.05) is 16.4 Å². The van der Waals surface area contributed by atoms with Crippen LogP contribution in [0.4, 0.5) is 48.3 Å². The Labute approximate surface area is 171 Å². The van der Waals surface area contributed by atoms with E-state index in [1.165, 1.54) is 36.5 Å². The third kappa shape index (κ3) is 5.68. The molecule has 164 valence electrons. The SMILES string of the molecule is Nc1ccn(CC(F)(F)F)c1-c1ccc(NC(=O)Nc2cc(C(F)(F)F)ccn2)cc1. The summed E-state index contributed by atoms with van der Waals surface area (Å²) in [4.78, 5) is 15.7. The standard InChI is InChI=1S/C19H15F6N5O/c20-18(21,22)10-30-8-6-14(26)16(30)11-1-3-13(4-2-11)28-17(31)29-15-9-12(5-7-27-15)19(23,24)25/h1-9H,10,26H2,(H2,27,28,29,31). The van der Waals surface area contributed by atoms with E-state index in [2.05, 4.69) is 15.6 Å². The predicted octanol–water partition coefficient (Wildman–Crippen LogP) is 5.36. The Morgan fingerprint density at radius 2 is 1.68 bits per heavy atom. The summed E-state index contributed by atoms with van der Waals surface area (Å²) < 4.78 is 77.4. The minimum atomic E-state index is -4.59. The number of nitrogens with two attached hydrogens (primary N) is 1. The van der Waals surface area contributed by atoms with E-state index in [-0.39, 0.29) is 22.9 Å². The number of carbonyl (C=O) groups excluding carboxylic acids is 1. The summed E-state index contributed by atoms with van der Waals surface area (Å²) in [6.45, 7) is -1.22. The van der Waals surface area contributed by atoms with Gasteiger partial charge in [-0.15, -0.1) is 0 Å².